The van der Waals surface area contributed by atoms with Crippen LogP contribution in [0.2, 0.25) is 5.02 Å². The molecule has 2 aromatic rings. The number of carbonyl (C=O) groups is 1. The molecule has 5 heteroatoms. The maximum Gasteiger partial charge on any atom is 0.254 e. The van der Waals surface area contributed by atoms with Crippen molar-refractivity contribution < 1.29 is 4.79 Å². The highest BCUT2D eigenvalue weighted by Crippen LogP contribution is 2.18. The molecule has 0 radical (unpaired) electrons. The summed E-state index contributed by atoms with van der Waals surface area (Å²) in [6, 6.07) is 8.59. The van der Waals surface area contributed by atoms with Gasteiger partial charge in [0, 0.05) is 42.3 Å². The molecule has 1 aromatic heterocycles. The van der Waals surface area contributed by atoms with Gasteiger partial charge in [0.1, 0.15) is 0 Å². The zero-order chi connectivity index (χ0) is 13.8. The average molecular weight is 276 g/mol. The lowest BCUT2D eigenvalue weighted by Gasteiger charge is -2.17. The van der Waals surface area contributed by atoms with E-state index in [9.17, 15) is 4.79 Å². The molecule has 2 rings (SSSR count). The first-order valence-electron chi connectivity index (χ1n) is 5.76. The lowest BCUT2D eigenvalue weighted by molar-refractivity contribution is 0.0785. The second-order valence-electron chi connectivity index (χ2n) is 4.29. The molecule has 0 spiro atoms. The molecule has 1 heterocycles. The number of hydrogen-bond donors (Lipinski definition) is 1. The molecule has 0 atom stereocenters. The van der Waals surface area contributed by atoms with Crippen molar-refractivity contribution in [2.45, 2.75) is 6.54 Å². The predicted molar refractivity (Wildman–Crippen MR) is 75.9 cm³/mol. The minimum atomic E-state index is -0.119. The summed E-state index contributed by atoms with van der Waals surface area (Å²) in [6.07, 6.45) is 3.40. The van der Waals surface area contributed by atoms with E-state index in [4.69, 9.17) is 17.3 Å². The van der Waals surface area contributed by atoms with Crippen molar-refractivity contribution in [3.05, 3.63) is 58.9 Å². The molecule has 2 N–H and O–H groups in total. The van der Waals surface area contributed by atoms with Crippen molar-refractivity contribution in [1.29, 1.82) is 0 Å². The molecule has 98 valence electrons. The Morgan fingerprint density at radius 2 is 2.00 bits per heavy atom. The summed E-state index contributed by atoms with van der Waals surface area (Å²) in [5.41, 5.74) is 7.67. The SMILES string of the molecule is CN(Cc1ccncc1)C(=O)c1cc(N)cc(Cl)c1. The lowest BCUT2D eigenvalue weighted by Crippen LogP contribution is -2.26. The third kappa shape index (κ3) is 3.45. The van der Waals surface area contributed by atoms with Gasteiger partial charge in [0.05, 0.1) is 0 Å². The Balaban J connectivity index is 2.15. The van der Waals surface area contributed by atoms with Crippen LogP contribution < -0.4 is 5.73 Å². The number of nitrogens with zero attached hydrogens (tertiary/aromatic N) is 2. The zero-order valence-electron chi connectivity index (χ0n) is 10.5. The second kappa shape index (κ2) is 5.71. The Kier molecular flexibility index (Phi) is 4.02. The Morgan fingerprint density at radius 3 is 2.63 bits per heavy atom. The number of halogens is 1. The van der Waals surface area contributed by atoms with Gasteiger partial charge in [-0.05, 0) is 35.9 Å². The minimum absolute atomic E-state index is 0.119. The van der Waals surface area contributed by atoms with Crippen LogP contribution in [0.15, 0.2) is 42.7 Å². The summed E-state index contributed by atoms with van der Waals surface area (Å²) in [7, 11) is 1.74. The van der Waals surface area contributed by atoms with Crippen molar-refractivity contribution in [3.8, 4) is 0 Å². The van der Waals surface area contributed by atoms with E-state index in [0.717, 1.165) is 5.56 Å². The maximum atomic E-state index is 12.2. The van der Waals surface area contributed by atoms with Crippen LogP contribution in [0, 0.1) is 0 Å². The van der Waals surface area contributed by atoms with Gasteiger partial charge >= 0.3 is 0 Å². The summed E-state index contributed by atoms with van der Waals surface area (Å²) in [6.45, 7) is 0.508. The Labute approximate surface area is 116 Å². The molecule has 0 aliphatic heterocycles. The molecule has 0 unspecified atom stereocenters. The van der Waals surface area contributed by atoms with E-state index in [1.54, 1.807) is 42.5 Å². The summed E-state index contributed by atoms with van der Waals surface area (Å²) in [5, 5.41) is 0.459. The van der Waals surface area contributed by atoms with Gasteiger partial charge in [-0.1, -0.05) is 11.6 Å². The number of amides is 1. The fourth-order valence-corrected chi connectivity index (χ4v) is 2.03. The van der Waals surface area contributed by atoms with Gasteiger partial charge in [-0.2, -0.15) is 0 Å². The zero-order valence-corrected chi connectivity index (χ0v) is 11.3. The number of benzene rings is 1. The molecule has 0 saturated carbocycles. The number of carbonyl (C=O) groups excluding carboxylic acids is 1. The third-order valence-corrected chi connectivity index (χ3v) is 2.90. The van der Waals surface area contributed by atoms with Crippen molar-refractivity contribution in [1.82, 2.24) is 9.88 Å². The van der Waals surface area contributed by atoms with E-state index in [-0.39, 0.29) is 5.91 Å². The fourth-order valence-electron chi connectivity index (χ4n) is 1.79. The standard InChI is InChI=1S/C14H14ClN3O/c1-18(9-10-2-4-17-5-3-10)14(19)11-6-12(15)8-13(16)7-11/h2-8H,9,16H2,1H3. The normalized spacial score (nSPS) is 10.2. The van der Waals surface area contributed by atoms with Crippen LogP contribution in [-0.2, 0) is 6.54 Å². The van der Waals surface area contributed by atoms with Crippen molar-refractivity contribution in [2.75, 3.05) is 12.8 Å². The van der Waals surface area contributed by atoms with Crippen LogP contribution in [-0.4, -0.2) is 22.8 Å². The van der Waals surface area contributed by atoms with Crippen molar-refractivity contribution in [3.63, 3.8) is 0 Å². The van der Waals surface area contributed by atoms with E-state index < -0.39 is 0 Å². The van der Waals surface area contributed by atoms with Gasteiger partial charge in [-0.25, -0.2) is 0 Å². The lowest BCUT2D eigenvalue weighted by atomic mass is 10.1. The van der Waals surface area contributed by atoms with E-state index in [2.05, 4.69) is 4.98 Å². The van der Waals surface area contributed by atoms with Gasteiger partial charge in [0.25, 0.3) is 5.91 Å². The van der Waals surface area contributed by atoms with Crippen LogP contribution in [0.4, 0.5) is 5.69 Å². The Hall–Kier alpha value is -2.07. The molecule has 0 aliphatic carbocycles. The van der Waals surface area contributed by atoms with Gasteiger partial charge in [-0.15, -0.1) is 0 Å². The minimum Gasteiger partial charge on any atom is -0.399 e. The summed E-state index contributed by atoms with van der Waals surface area (Å²) in [5.74, 6) is -0.119. The smallest absolute Gasteiger partial charge is 0.254 e. The summed E-state index contributed by atoms with van der Waals surface area (Å²) >= 11 is 5.90. The highest BCUT2D eigenvalue weighted by atomic mass is 35.5. The summed E-state index contributed by atoms with van der Waals surface area (Å²) in [4.78, 5) is 17.8. The van der Waals surface area contributed by atoms with Crippen LogP contribution in [0.3, 0.4) is 0 Å². The molecule has 0 bridgehead atoms. The molecular formula is C14H14ClN3O. The van der Waals surface area contributed by atoms with E-state index in [0.29, 0.717) is 22.8 Å². The third-order valence-electron chi connectivity index (χ3n) is 2.68. The van der Waals surface area contributed by atoms with Crippen LogP contribution in [0.5, 0.6) is 0 Å². The van der Waals surface area contributed by atoms with Crippen molar-refractivity contribution in [2.24, 2.45) is 0 Å². The van der Waals surface area contributed by atoms with Crippen LogP contribution in [0.1, 0.15) is 15.9 Å². The first-order valence-corrected chi connectivity index (χ1v) is 6.14. The fraction of sp³-hybridized carbons (Fsp3) is 0.143. The van der Waals surface area contributed by atoms with E-state index in [1.165, 1.54) is 0 Å². The predicted octanol–water partition coefficient (Wildman–Crippen LogP) is 2.59. The van der Waals surface area contributed by atoms with Crippen LogP contribution in [0.25, 0.3) is 0 Å². The number of hydrogen-bond acceptors (Lipinski definition) is 3. The second-order valence-corrected chi connectivity index (χ2v) is 4.73. The number of pyridine rings is 1. The van der Waals surface area contributed by atoms with Gasteiger partial charge in [0.2, 0.25) is 0 Å². The topological polar surface area (TPSA) is 59.2 Å². The van der Waals surface area contributed by atoms with E-state index >= 15 is 0 Å². The molecule has 4 nitrogen and oxygen atoms in total. The number of aromatic nitrogens is 1. The molecular weight excluding hydrogens is 262 g/mol. The highest BCUT2D eigenvalue weighted by Gasteiger charge is 2.13. The molecule has 1 aromatic carbocycles. The highest BCUT2D eigenvalue weighted by molar-refractivity contribution is 6.31. The number of anilines is 1. The van der Waals surface area contributed by atoms with Gasteiger partial charge < -0.3 is 10.6 Å². The quantitative estimate of drug-likeness (QED) is 0.876. The van der Waals surface area contributed by atoms with E-state index in [1.807, 2.05) is 12.1 Å². The Bertz CT molecular complexity index is 566. The number of nitrogens with two attached hydrogens (primary N) is 1. The van der Waals surface area contributed by atoms with Crippen molar-refractivity contribution >= 4 is 23.2 Å². The molecule has 19 heavy (non-hydrogen) atoms. The number of nitrogen functional groups attached to an aromatic ring is 1. The molecule has 0 fully saturated rings. The molecule has 1 amide bonds. The first-order chi connectivity index (χ1) is 9.06. The first kappa shape index (κ1) is 13.4. The average Bonchev–Trinajstić information content (AvgIpc) is 2.37. The number of rotatable bonds is 3. The molecule has 0 aliphatic rings. The van der Waals surface area contributed by atoms with Crippen LogP contribution >= 0.6 is 11.6 Å². The van der Waals surface area contributed by atoms with Gasteiger partial charge in [-0.3, -0.25) is 9.78 Å². The summed E-state index contributed by atoms with van der Waals surface area (Å²) < 4.78 is 0. The monoisotopic (exact) mass is 275 g/mol. The molecule has 0 saturated heterocycles. The largest absolute Gasteiger partial charge is 0.399 e. The van der Waals surface area contributed by atoms with Gasteiger partial charge in [0.15, 0.2) is 0 Å². The Morgan fingerprint density at radius 1 is 1.32 bits per heavy atom. The maximum absolute atomic E-state index is 12.2.